The summed E-state index contributed by atoms with van der Waals surface area (Å²) in [6.45, 7) is 1.26. The van der Waals surface area contributed by atoms with Crippen LogP contribution >= 0.6 is 23.1 Å². The molecule has 1 aliphatic carbocycles. The summed E-state index contributed by atoms with van der Waals surface area (Å²) in [4.78, 5) is 32.3. The third kappa shape index (κ3) is 4.06. The molecule has 3 aromatic heterocycles. The zero-order valence-corrected chi connectivity index (χ0v) is 19.0. The summed E-state index contributed by atoms with van der Waals surface area (Å²) in [6, 6.07) is 3.36. The molecule has 1 unspecified atom stereocenters. The number of methoxy groups -OCH3 is 1. The summed E-state index contributed by atoms with van der Waals surface area (Å²) in [7, 11) is 1.32. The van der Waals surface area contributed by atoms with Crippen molar-refractivity contribution < 1.29 is 18.7 Å². The summed E-state index contributed by atoms with van der Waals surface area (Å²) >= 11 is 3.11. The van der Waals surface area contributed by atoms with E-state index < -0.39 is 5.97 Å². The van der Waals surface area contributed by atoms with Crippen LogP contribution in [0.2, 0.25) is 0 Å². The van der Waals surface area contributed by atoms with E-state index in [4.69, 9.17) is 18.9 Å². The van der Waals surface area contributed by atoms with Crippen molar-refractivity contribution in [1.82, 2.24) is 9.55 Å². The van der Waals surface area contributed by atoms with Gasteiger partial charge in [-0.1, -0.05) is 11.8 Å². The second kappa shape index (κ2) is 8.80. The largest absolute Gasteiger partial charge is 0.463 e. The average Bonchev–Trinajstić information content (AvgIpc) is 3.53. The Hall–Kier alpha value is -2.10. The summed E-state index contributed by atoms with van der Waals surface area (Å²) in [6.07, 6.45) is 6.31. The number of ether oxygens (including phenoxy) is 2. The molecule has 0 N–H and O–H groups in total. The smallest absolute Gasteiger partial charge is 0.373 e. The summed E-state index contributed by atoms with van der Waals surface area (Å²) in [5.74, 6) is 0.763. The molecule has 0 bridgehead atoms. The molecule has 5 rings (SSSR count). The maximum Gasteiger partial charge on any atom is 0.373 e. The standard InChI is InChI=1S/C22H24N2O5S2/c1-27-21(26)16-9-8-14(29-16)12-30-22-23-19-18(15-6-2-3-7-17(15)31-19)20(25)24(22)11-13-5-4-10-28-13/h8-9,13H,2-7,10-12H2,1H3. The van der Waals surface area contributed by atoms with Gasteiger partial charge in [0.05, 0.1) is 30.9 Å². The van der Waals surface area contributed by atoms with Gasteiger partial charge in [0, 0.05) is 11.5 Å². The minimum Gasteiger partial charge on any atom is -0.463 e. The zero-order chi connectivity index (χ0) is 21.4. The fourth-order valence-electron chi connectivity index (χ4n) is 4.28. The van der Waals surface area contributed by atoms with Crippen LogP contribution in [0.25, 0.3) is 10.2 Å². The average molecular weight is 461 g/mol. The highest BCUT2D eigenvalue weighted by atomic mass is 32.2. The van der Waals surface area contributed by atoms with Gasteiger partial charge in [-0.05, 0) is 56.2 Å². The lowest BCUT2D eigenvalue weighted by Crippen LogP contribution is -2.29. The molecule has 1 fully saturated rings. The maximum atomic E-state index is 13.6. The number of aromatic nitrogens is 2. The molecule has 0 radical (unpaired) electrons. The van der Waals surface area contributed by atoms with E-state index in [0.29, 0.717) is 23.2 Å². The van der Waals surface area contributed by atoms with Crippen molar-refractivity contribution >= 4 is 39.3 Å². The predicted octanol–water partition coefficient (Wildman–Crippen LogP) is 4.19. The molecule has 3 aromatic rings. The van der Waals surface area contributed by atoms with Crippen LogP contribution in [0.4, 0.5) is 0 Å². The highest BCUT2D eigenvalue weighted by Crippen LogP contribution is 2.35. The van der Waals surface area contributed by atoms with Crippen LogP contribution < -0.4 is 5.56 Å². The number of thioether (sulfide) groups is 1. The molecule has 0 saturated carbocycles. The number of thiophene rings is 1. The van der Waals surface area contributed by atoms with Gasteiger partial charge in [-0.3, -0.25) is 9.36 Å². The van der Waals surface area contributed by atoms with Crippen molar-refractivity contribution in [2.24, 2.45) is 0 Å². The number of furan rings is 1. The lowest BCUT2D eigenvalue weighted by molar-refractivity contribution is 0.0563. The van der Waals surface area contributed by atoms with Crippen molar-refractivity contribution in [3.8, 4) is 0 Å². The van der Waals surface area contributed by atoms with Gasteiger partial charge in [-0.25, -0.2) is 9.78 Å². The van der Waals surface area contributed by atoms with E-state index in [2.05, 4.69) is 0 Å². The first-order valence-electron chi connectivity index (χ1n) is 10.6. The Morgan fingerprint density at radius 2 is 2.19 bits per heavy atom. The van der Waals surface area contributed by atoms with Crippen LogP contribution in [-0.4, -0.2) is 35.3 Å². The van der Waals surface area contributed by atoms with E-state index in [9.17, 15) is 9.59 Å². The SMILES string of the molecule is COC(=O)c1ccc(CSc2nc3sc4c(c3c(=O)n2CC2CCCO2)CCCC4)o1. The third-order valence-corrected chi connectivity index (χ3v) is 8.03. The van der Waals surface area contributed by atoms with Crippen molar-refractivity contribution in [3.63, 3.8) is 0 Å². The van der Waals surface area contributed by atoms with E-state index in [1.54, 1.807) is 28.0 Å². The number of carbonyl (C=O) groups excluding carboxylic acids is 1. The monoisotopic (exact) mass is 460 g/mol. The molecule has 7 nitrogen and oxygen atoms in total. The Labute approximate surface area is 187 Å². The zero-order valence-electron chi connectivity index (χ0n) is 17.3. The van der Waals surface area contributed by atoms with Gasteiger partial charge < -0.3 is 13.9 Å². The molecule has 31 heavy (non-hydrogen) atoms. The van der Waals surface area contributed by atoms with Crippen LogP contribution in [0, 0.1) is 0 Å². The van der Waals surface area contributed by atoms with E-state index in [0.717, 1.165) is 48.9 Å². The molecule has 0 aromatic carbocycles. The normalized spacial score (nSPS) is 18.4. The van der Waals surface area contributed by atoms with Gasteiger partial charge in [0.1, 0.15) is 10.6 Å². The van der Waals surface area contributed by atoms with Crippen LogP contribution in [0.15, 0.2) is 26.5 Å². The maximum absolute atomic E-state index is 13.6. The van der Waals surface area contributed by atoms with Crippen LogP contribution in [0.5, 0.6) is 0 Å². The molecular formula is C22H24N2O5S2. The summed E-state index contributed by atoms with van der Waals surface area (Å²) in [5.41, 5.74) is 1.24. The number of hydrogen-bond acceptors (Lipinski definition) is 8. The molecule has 1 saturated heterocycles. The Balaban J connectivity index is 1.49. The van der Waals surface area contributed by atoms with Gasteiger partial charge in [-0.2, -0.15) is 0 Å². The molecule has 9 heteroatoms. The van der Waals surface area contributed by atoms with E-state index in [1.807, 2.05) is 0 Å². The fraction of sp³-hybridized carbons (Fsp3) is 0.500. The second-order valence-electron chi connectivity index (χ2n) is 7.88. The Bertz CT molecular complexity index is 1170. The number of aryl methyl sites for hydroxylation is 2. The van der Waals surface area contributed by atoms with Crippen molar-refractivity contribution in [2.75, 3.05) is 13.7 Å². The first-order chi connectivity index (χ1) is 15.1. The third-order valence-electron chi connectivity index (χ3n) is 5.84. The number of nitrogens with zero attached hydrogens (tertiary/aromatic N) is 2. The highest BCUT2D eigenvalue weighted by molar-refractivity contribution is 7.98. The lowest BCUT2D eigenvalue weighted by Gasteiger charge is -2.16. The number of fused-ring (bicyclic) bond motifs is 3. The molecule has 1 aliphatic heterocycles. The Kier molecular flexibility index (Phi) is 5.90. The molecular weight excluding hydrogens is 436 g/mol. The lowest BCUT2D eigenvalue weighted by atomic mass is 9.97. The predicted molar refractivity (Wildman–Crippen MR) is 119 cm³/mol. The fourth-order valence-corrected chi connectivity index (χ4v) is 6.49. The summed E-state index contributed by atoms with van der Waals surface area (Å²) in [5, 5.41) is 1.47. The van der Waals surface area contributed by atoms with Crippen LogP contribution in [0.1, 0.15) is 52.4 Å². The minimum absolute atomic E-state index is 0.0390. The first kappa shape index (κ1) is 20.8. The molecule has 164 valence electrons. The van der Waals surface area contributed by atoms with Gasteiger partial charge in [0.25, 0.3) is 5.56 Å². The van der Waals surface area contributed by atoms with Crippen molar-refractivity contribution in [1.29, 1.82) is 0 Å². The van der Waals surface area contributed by atoms with Gasteiger partial charge in [0.15, 0.2) is 5.16 Å². The number of hydrogen-bond donors (Lipinski definition) is 0. The quantitative estimate of drug-likeness (QED) is 0.310. The first-order valence-corrected chi connectivity index (χ1v) is 12.4. The van der Waals surface area contributed by atoms with E-state index >= 15 is 0 Å². The van der Waals surface area contributed by atoms with Gasteiger partial charge in [0.2, 0.25) is 5.76 Å². The topological polar surface area (TPSA) is 83.6 Å². The molecule has 0 spiro atoms. The highest BCUT2D eigenvalue weighted by Gasteiger charge is 2.25. The Morgan fingerprint density at radius 1 is 1.32 bits per heavy atom. The van der Waals surface area contributed by atoms with Gasteiger partial charge in [-0.15, -0.1) is 11.3 Å². The van der Waals surface area contributed by atoms with Gasteiger partial charge >= 0.3 is 5.97 Å². The second-order valence-corrected chi connectivity index (χ2v) is 9.91. The van der Waals surface area contributed by atoms with Crippen LogP contribution in [-0.2, 0) is 34.6 Å². The Morgan fingerprint density at radius 3 is 3.00 bits per heavy atom. The number of carbonyl (C=O) groups is 1. The summed E-state index contributed by atoms with van der Waals surface area (Å²) < 4.78 is 17.9. The number of esters is 1. The minimum atomic E-state index is -0.504. The molecule has 1 atom stereocenters. The van der Waals surface area contributed by atoms with Crippen molar-refractivity contribution in [2.45, 2.75) is 62.1 Å². The van der Waals surface area contributed by atoms with Crippen LogP contribution in [0.3, 0.4) is 0 Å². The van der Waals surface area contributed by atoms with E-state index in [-0.39, 0.29) is 17.4 Å². The molecule has 4 heterocycles. The number of rotatable bonds is 6. The van der Waals surface area contributed by atoms with E-state index in [1.165, 1.54) is 35.7 Å². The van der Waals surface area contributed by atoms with Crippen molar-refractivity contribution in [3.05, 3.63) is 44.4 Å². The molecule has 2 aliphatic rings. The molecule has 0 amide bonds.